The first-order valence-corrected chi connectivity index (χ1v) is 7.28. The van der Waals surface area contributed by atoms with Gasteiger partial charge in [0, 0.05) is 23.3 Å². The predicted molar refractivity (Wildman–Crippen MR) is 89.2 cm³/mol. The van der Waals surface area contributed by atoms with Gasteiger partial charge in [-0.25, -0.2) is 5.48 Å². The summed E-state index contributed by atoms with van der Waals surface area (Å²) < 4.78 is 0. The third-order valence-electron chi connectivity index (χ3n) is 3.20. The molecular formula is C16H24N4O3. The number of benzene rings is 1. The lowest BCUT2D eigenvalue weighted by Crippen LogP contribution is -2.61. The van der Waals surface area contributed by atoms with Gasteiger partial charge in [0.05, 0.1) is 0 Å². The van der Waals surface area contributed by atoms with Gasteiger partial charge in [-0.2, -0.15) is 0 Å². The number of allylic oxidation sites excluding steroid dienone is 1. The van der Waals surface area contributed by atoms with E-state index in [-0.39, 0.29) is 0 Å². The fourth-order valence-corrected chi connectivity index (χ4v) is 1.90. The molecule has 0 heterocycles. The van der Waals surface area contributed by atoms with E-state index in [2.05, 4.69) is 10.6 Å². The highest BCUT2D eigenvalue weighted by Gasteiger charge is 2.33. The van der Waals surface area contributed by atoms with Gasteiger partial charge in [0.15, 0.2) is 0 Å². The van der Waals surface area contributed by atoms with Crippen molar-refractivity contribution in [3.8, 4) is 0 Å². The monoisotopic (exact) mass is 320 g/mol. The average Bonchev–Trinajstić information content (AvgIpc) is 2.51. The molecule has 0 aliphatic carbocycles. The molecule has 0 aromatic heterocycles. The van der Waals surface area contributed by atoms with Crippen LogP contribution in [0.4, 0.5) is 5.69 Å². The molecule has 0 fully saturated rings. The van der Waals surface area contributed by atoms with E-state index in [0.717, 1.165) is 5.69 Å². The molecule has 7 heteroatoms. The van der Waals surface area contributed by atoms with Crippen LogP contribution in [0, 0.1) is 0 Å². The molecule has 0 saturated carbocycles. The number of carbonyl (C=O) groups is 2. The summed E-state index contributed by atoms with van der Waals surface area (Å²) in [5.74, 6) is -1.22. The van der Waals surface area contributed by atoms with Crippen molar-refractivity contribution in [3.63, 3.8) is 0 Å². The van der Waals surface area contributed by atoms with Crippen LogP contribution in [0.3, 0.4) is 0 Å². The van der Waals surface area contributed by atoms with Crippen molar-refractivity contribution in [1.82, 2.24) is 10.8 Å². The standard InChI is InChI=1S/C16H24N4O3/c1-4-5-10-18-12-8-6-11(7-9-12)14(21)19-13(15(22)20-23)16(2,3)17/h4-9,13,18,23H,10,17H2,1-3H3,(H,19,21)(H,20,22)/b5-4+/t13-/m1/s1. The van der Waals surface area contributed by atoms with Gasteiger partial charge in [-0.05, 0) is 45.0 Å². The Morgan fingerprint density at radius 3 is 2.39 bits per heavy atom. The first-order chi connectivity index (χ1) is 10.8. The molecule has 0 radical (unpaired) electrons. The lowest BCUT2D eigenvalue weighted by atomic mass is 9.95. The van der Waals surface area contributed by atoms with E-state index in [9.17, 15) is 9.59 Å². The van der Waals surface area contributed by atoms with Crippen molar-refractivity contribution in [1.29, 1.82) is 0 Å². The first-order valence-electron chi connectivity index (χ1n) is 7.28. The van der Waals surface area contributed by atoms with E-state index < -0.39 is 23.4 Å². The summed E-state index contributed by atoms with van der Waals surface area (Å²) in [4.78, 5) is 23.9. The maximum atomic E-state index is 12.2. The Morgan fingerprint density at radius 1 is 1.30 bits per heavy atom. The zero-order valence-corrected chi connectivity index (χ0v) is 13.6. The molecule has 1 atom stereocenters. The maximum absolute atomic E-state index is 12.2. The maximum Gasteiger partial charge on any atom is 0.267 e. The topological polar surface area (TPSA) is 116 Å². The fourth-order valence-electron chi connectivity index (χ4n) is 1.90. The molecule has 0 spiro atoms. The number of anilines is 1. The number of hydrogen-bond acceptors (Lipinski definition) is 5. The summed E-state index contributed by atoms with van der Waals surface area (Å²) in [6.07, 6.45) is 3.91. The van der Waals surface area contributed by atoms with Crippen molar-refractivity contribution in [2.45, 2.75) is 32.4 Å². The van der Waals surface area contributed by atoms with Gasteiger partial charge in [-0.1, -0.05) is 12.2 Å². The van der Waals surface area contributed by atoms with Gasteiger partial charge in [0.1, 0.15) is 6.04 Å². The molecule has 0 aliphatic rings. The summed E-state index contributed by atoms with van der Waals surface area (Å²) in [5.41, 5.74) is 7.63. The summed E-state index contributed by atoms with van der Waals surface area (Å²) in [6.45, 7) is 5.80. The van der Waals surface area contributed by atoms with Crippen LogP contribution in [0.25, 0.3) is 0 Å². The smallest absolute Gasteiger partial charge is 0.267 e. The highest BCUT2D eigenvalue weighted by molar-refractivity contribution is 5.98. The molecule has 0 aliphatic heterocycles. The van der Waals surface area contributed by atoms with Crippen LogP contribution in [0.15, 0.2) is 36.4 Å². The van der Waals surface area contributed by atoms with Crippen molar-refractivity contribution in [3.05, 3.63) is 42.0 Å². The second-order valence-corrected chi connectivity index (χ2v) is 5.73. The van der Waals surface area contributed by atoms with Crippen molar-refractivity contribution >= 4 is 17.5 Å². The Hall–Kier alpha value is -2.38. The number of nitrogens with two attached hydrogens (primary N) is 1. The first kappa shape index (κ1) is 18.7. The van der Waals surface area contributed by atoms with Gasteiger partial charge < -0.3 is 16.4 Å². The molecule has 1 aromatic carbocycles. The highest BCUT2D eigenvalue weighted by atomic mass is 16.5. The molecular weight excluding hydrogens is 296 g/mol. The number of carbonyl (C=O) groups excluding carboxylic acids is 2. The highest BCUT2D eigenvalue weighted by Crippen LogP contribution is 2.11. The van der Waals surface area contributed by atoms with Crippen LogP contribution in [-0.2, 0) is 4.79 Å². The van der Waals surface area contributed by atoms with Crippen LogP contribution in [0.2, 0.25) is 0 Å². The second kappa shape index (κ2) is 8.30. The molecule has 6 N–H and O–H groups in total. The number of rotatable bonds is 7. The Morgan fingerprint density at radius 2 is 1.91 bits per heavy atom. The molecule has 7 nitrogen and oxygen atoms in total. The van der Waals surface area contributed by atoms with Gasteiger partial charge in [0.25, 0.3) is 11.8 Å². The summed E-state index contributed by atoms with van der Waals surface area (Å²) >= 11 is 0. The largest absolute Gasteiger partial charge is 0.382 e. The molecule has 1 rings (SSSR count). The zero-order chi connectivity index (χ0) is 17.5. The number of nitrogens with one attached hydrogen (secondary N) is 3. The third-order valence-corrected chi connectivity index (χ3v) is 3.20. The number of hydroxylamine groups is 1. The minimum Gasteiger partial charge on any atom is -0.382 e. The Balaban J connectivity index is 2.78. The van der Waals surface area contributed by atoms with Crippen LogP contribution >= 0.6 is 0 Å². The minimum absolute atomic E-state index is 0.390. The average molecular weight is 320 g/mol. The van der Waals surface area contributed by atoms with Gasteiger partial charge >= 0.3 is 0 Å². The van der Waals surface area contributed by atoms with Crippen LogP contribution < -0.4 is 21.8 Å². The lowest BCUT2D eigenvalue weighted by Gasteiger charge is -2.29. The molecule has 0 unspecified atom stereocenters. The Kier molecular flexibility index (Phi) is 6.74. The van der Waals surface area contributed by atoms with E-state index in [4.69, 9.17) is 10.9 Å². The van der Waals surface area contributed by atoms with Crippen molar-refractivity contribution in [2.75, 3.05) is 11.9 Å². The third kappa shape index (κ3) is 5.72. The summed E-state index contributed by atoms with van der Waals surface area (Å²) in [5, 5.41) is 14.5. The van der Waals surface area contributed by atoms with Gasteiger partial charge in [0.2, 0.25) is 0 Å². The zero-order valence-electron chi connectivity index (χ0n) is 13.6. The number of hydrogen-bond donors (Lipinski definition) is 5. The minimum atomic E-state index is -1.06. The SMILES string of the molecule is C/C=C/CNc1ccc(C(=O)N[C@H](C(=O)NO)C(C)(C)N)cc1. The fraction of sp³-hybridized carbons (Fsp3) is 0.375. The van der Waals surface area contributed by atoms with E-state index in [1.54, 1.807) is 38.1 Å². The second-order valence-electron chi connectivity index (χ2n) is 5.73. The van der Waals surface area contributed by atoms with E-state index >= 15 is 0 Å². The molecule has 2 amide bonds. The molecule has 126 valence electrons. The quantitative estimate of drug-likeness (QED) is 0.292. The van der Waals surface area contributed by atoms with E-state index in [1.807, 2.05) is 19.1 Å². The molecule has 0 saturated heterocycles. The van der Waals surface area contributed by atoms with Crippen LogP contribution in [0.5, 0.6) is 0 Å². The van der Waals surface area contributed by atoms with E-state index in [1.165, 1.54) is 5.48 Å². The Labute approximate surface area is 135 Å². The summed E-state index contributed by atoms with van der Waals surface area (Å²) in [7, 11) is 0. The van der Waals surface area contributed by atoms with Crippen molar-refractivity contribution in [2.24, 2.45) is 5.73 Å². The van der Waals surface area contributed by atoms with Crippen LogP contribution in [-0.4, -0.2) is 35.1 Å². The van der Waals surface area contributed by atoms with Gasteiger partial charge in [-0.15, -0.1) is 0 Å². The lowest BCUT2D eigenvalue weighted by molar-refractivity contribution is -0.132. The van der Waals surface area contributed by atoms with Crippen LogP contribution in [0.1, 0.15) is 31.1 Å². The predicted octanol–water partition coefficient (Wildman–Crippen LogP) is 1.02. The molecule has 1 aromatic rings. The molecule has 23 heavy (non-hydrogen) atoms. The van der Waals surface area contributed by atoms with E-state index in [0.29, 0.717) is 12.1 Å². The normalized spacial score (nSPS) is 12.7. The number of amides is 2. The molecule has 0 bridgehead atoms. The summed E-state index contributed by atoms with van der Waals surface area (Å²) in [6, 6.07) is 5.77. The van der Waals surface area contributed by atoms with Gasteiger partial charge in [-0.3, -0.25) is 14.8 Å². The Bertz CT molecular complexity index is 562. The van der Waals surface area contributed by atoms with Crippen molar-refractivity contribution < 1.29 is 14.8 Å².